The molecule has 5 fully saturated rings. The van der Waals surface area contributed by atoms with E-state index in [-0.39, 0.29) is 28.3 Å². The third kappa shape index (κ3) is 1.38. The fraction of sp³-hybridized carbons (Fsp3) is 0.947. The Kier molecular flexibility index (Phi) is 2.43. The monoisotopic (exact) mass is 320 g/mol. The highest BCUT2D eigenvalue weighted by Gasteiger charge is 2.80. The van der Waals surface area contributed by atoms with Crippen LogP contribution in [-0.2, 0) is 14.3 Å². The molecule has 2 aliphatic heterocycles. The molecule has 5 aliphatic rings. The number of ether oxygens (including phenoxy) is 2. The van der Waals surface area contributed by atoms with Crippen molar-refractivity contribution in [1.82, 2.24) is 0 Å². The molecule has 2 saturated heterocycles. The summed E-state index contributed by atoms with van der Waals surface area (Å²) < 4.78 is 11.7. The zero-order valence-corrected chi connectivity index (χ0v) is 14.6. The van der Waals surface area contributed by atoms with Gasteiger partial charge in [-0.15, -0.1) is 0 Å². The van der Waals surface area contributed by atoms with Gasteiger partial charge in [0.25, 0.3) is 0 Å². The molecule has 1 N–H and O–H groups in total. The average molecular weight is 320 g/mol. The van der Waals surface area contributed by atoms with Gasteiger partial charge in [0.1, 0.15) is 0 Å². The SMILES string of the molecule is CC1(C)C(=O)O[C@@H](O)[C@]2(C)[C@@H]1CC[C@@]13C[C@@H](CC[C@H]12)[C@]1(C)OC31. The number of hydrogen-bond acceptors (Lipinski definition) is 4. The normalized spacial score (nSPS) is 62.0. The highest BCUT2D eigenvalue weighted by molar-refractivity contribution is 5.77. The Morgan fingerprint density at radius 3 is 2.57 bits per heavy atom. The van der Waals surface area contributed by atoms with Gasteiger partial charge in [-0.2, -0.15) is 0 Å². The first-order chi connectivity index (χ1) is 10.7. The third-order valence-electron chi connectivity index (χ3n) is 8.84. The molecule has 0 radical (unpaired) electrons. The van der Waals surface area contributed by atoms with E-state index in [2.05, 4.69) is 13.8 Å². The van der Waals surface area contributed by atoms with Crippen molar-refractivity contribution in [1.29, 1.82) is 0 Å². The molecule has 0 aromatic carbocycles. The maximum atomic E-state index is 12.4. The molecular weight excluding hydrogens is 292 g/mol. The molecule has 4 nitrogen and oxygen atoms in total. The predicted octanol–water partition coefficient (Wildman–Crippen LogP) is 2.88. The maximum Gasteiger partial charge on any atom is 0.314 e. The average Bonchev–Trinajstić information content (AvgIpc) is 3.15. The second kappa shape index (κ2) is 3.80. The topological polar surface area (TPSA) is 59.1 Å². The zero-order valence-electron chi connectivity index (χ0n) is 14.6. The number of aliphatic hydroxyl groups excluding tert-OH is 1. The van der Waals surface area contributed by atoms with E-state index >= 15 is 0 Å². The van der Waals surface area contributed by atoms with E-state index < -0.39 is 11.7 Å². The Morgan fingerprint density at radius 2 is 1.83 bits per heavy atom. The van der Waals surface area contributed by atoms with Crippen LogP contribution in [0, 0.1) is 34.0 Å². The summed E-state index contributed by atoms with van der Waals surface area (Å²) in [7, 11) is 0. The van der Waals surface area contributed by atoms with Gasteiger partial charge in [0.05, 0.1) is 17.1 Å². The van der Waals surface area contributed by atoms with Gasteiger partial charge in [-0.25, -0.2) is 0 Å². The van der Waals surface area contributed by atoms with Crippen molar-refractivity contribution in [3.63, 3.8) is 0 Å². The predicted molar refractivity (Wildman–Crippen MR) is 83.3 cm³/mol. The van der Waals surface area contributed by atoms with Gasteiger partial charge in [0, 0.05) is 10.8 Å². The van der Waals surface area contributed by atoms with Crippen molar-refractivity contribution in [2.75, 3.05) is 0 Å². The summed E-state index contributed by atoms with van der Waals surface area (Å²) in [5.74, 6) is 1.02. The van der Waals surface area contributed by atoms with Crippen LogP contribution in [0.5, 0.6) is 0 Å². The fourth-order valence-electron chi connectivity index (χ4n) is 7.67. The highest BCUT2D eigenvalue weighted by atomic mass is 16.6. The van der Waals surface area contributed by atoms with Crippen LogP contribution in [0.4, 0.5) is 0 Å². The molecule has 2 heterocycles. The van der Waals surface area contributed by atoms with Crippen LogP contribution >= 0.6 is 0 Å². The number of cyclic esters (lactones) is 1. The lowest BCUT2D eigenvalue weighted by Crippen LogP contribution is -2.65. The maximum absolute atomic E-state index is 12.4. The van der Waals surface area contributed by atoms with Crippen molar-refractivity contribution in [2.45, 2.75) is 77.8 Å². The number of esters is 1. The van der Waals surface area contributed by atoms with Gasteiger partial charge in [0.15, 0.2) is 0 Å². The van der Waals surface area contributed by atoms with E-state index in [1.54, 1.807) is 0 Å². The fourth-order valence-corrected chi connectivity index (χ4v) is 7.67. The lowest BCUT2D eigenvalue weighted by Gasteiger charge is -2.63. The first kappa shape index (κ1) is 14.7. The molecule has 0 aromatic rings. The molecule has 5 rings (SSSR count). The van der Waals surface area contributed by atoms with Crippen LogP contribution in [0.3, 0.4) is 0 Å². The zero-order chi connectivity index (χ0) is 16.4. The Morgan fingerprint density at radius 1 is 1.09 bits per heavy atom. The number of carbonyl (C=O) groups excluding carboxylic acids is 1. The van der Waals surface area contributed by atoms with Crippen molar-refractivity contribution < 1.29 is 19.4 Å². The van der Waals surface area contributed by atoms with Gasteiger partial charge in [-0.05, 0) is 70.6 Å². The summed E-state index contributed by atoms with van der Waals surface area (Å²) in [4.78, 5) is 12.4. The number of epoxide rings is 1. The van der Waals surface area contributed by atoms with Gasteiger partial charge < -0.3 is 14.6 Å². The number of hydrogen-bond donors (Lipinski definition) is 1. The summed E-state index contributed by atoms with van der Waals surface area (Å²) in [5.41, 5.74) is -0.579. The van der Waals surface area contributed by atoms with Gasteiger partial charge in [0.2, 0.25) is 6.29 Å². The van der Waals surface area contributed by atoms with Crippen molar-refractivity contribution >= 4 is 5.97 Å². The smallest absolute Gasteiger partial charge is 0.314 e. The lowest BCUT2D eigenvalue weighted by atomic mass is 9.43. The van der Waals surface area contributed by atoms with Crippen LogP contribution in [-0.4, -0.2) is 29.1 Å². The van der Waals surface area contributed by atoms with Crippen molar-refractivity contribution in [3.8, 4) is 0 Å². The number of fused-ring (bicyclic) bond motifs is 5. The molecule has 2 bridgehead atoms. The summed E-state index contributed by atoms with van der Waals surface area (Å²) in [6.45, 7) is 8.47. The van der Waals surface area contributed by atoms with Crippen LogP contribution in [0.1, 0.15) is 59.8 Å². The number of carbonyl (C=O) groups is 1. The van der Waals surface area contributed by atoms with Gasteiger partial charge >= 0.3 is 5.97 Å². The molecule has 0 amide bonds. The Hall–Kier alpha value is -0.610. The standard InChI is InChI=1S/C19H28O4/c1-16(2)11-7-8-19-9-10(18(4)13(19)23-18)5-6-12(19)17(11,3)15(21)22-14(16)20/h10-13,15,21H,5-9H2,1-4H3/t10-,11-,12+,13?,15-,17-,18+,19-/m1/s1. The van der Waals surface area contributed by atoms with Crippen LogP contribution < -0.4 is 0 Å². The Balaban J connectivity index is 1.62. The van der Waals surface area contributed by atoms with E-state index in [0.717, 1.165) is 19.3 Å². The van der Waals surface area contributed by atoms with Crippen molar-refractivity contribution in [2.24, 2.45) is 34.0 Å². The van der Waals surface area contributed by atoms with Gasteiger partial charge in [-0.3, -0.25) is 4.79 Å². The minimum absolute atomic E-state index is 0.0871. The van der Waals surface area contributed by atoms with Crippen LogP contribution in [0.15, 0.2) is 0 Å². The second-order valence-electron chi connectivity index (χ2n) is 9.88. The largest absolute Gasteiger partial charge is 0.435 e. The Bertz CT molecular complexity index is 600. The van der Waals surface area contributed by atoms with E-state index in [1.165, 1.54) is 12.8 Å². The minimum atomic E-state index is -0.975. The molecule has 8 atom stereocenters. The molecule has 128 valence electrons. The van der Waals surface area contributed by atoms with E-state index in [0.29, 0.717) is 17.9 Å². The molecule has 3 aliphatic carbocycles. The number of rotatable bonds is 0. The second-order valence-corrected chi connectivity index (χ2v) is 9.88. The van der Waals surface area contributed by atoms with E-state index in [9.17, 15) is 9.90 Å². The van der Waals surface area contributed by atoms with Crippen LogP contribution in [0.25, 0.3) is 0 Å². The first-order valence-corrected chi connectivity index (χ1v) is 9.24. The molecule has 23 heavy (non-hydrogen) atoms. The van der Waals surface area contributed by atoms with E-state index in [4.69, 9.17) is 9.47 Å². The summed E-state index contributed by atoms with van der Waals surface area (Å²) in [6.07, 6.45) is 5.08. The lowest BCUT2D eigenvalue weighted by molar-refractivity contribution is -0.287. The minimum Gasteiger partial charge on any atom is -0.435 e. The first-order valence-electron chi connectivity index (χ1n) is 9.24. The molecule has 4 heteroatoms. The highest BCUT2D eigenvalue weighted by Crippen LogP contribution is 2.77. The number of aliphatic hydroxyl groups is 1. The van der Waals surface area contributed by atoms with Crippen LogP contribution in [0.2, 0.25) is 0 Å². The molecular formula is C19H28O4. The molecule has 1 spiro atoms. The summed E-state index contributed by atoms with van der Waals surface area (Å²) >= 11 is 0. The van der Waals surface area contributed by atoms with Gasteiger partial charge in [-0.1, -0.05) is 6.92 Å². The van der Waals surface area contributed by atoms with E-state index in [1.807, 2.05) is 13.8 Å². The Labute approximate surface area is 137 Å². The van der Waals surface area contributed by atoms with Crippen molar-refractivity contribution in [3.05, 3.63) is 0 Å². The summed E-state index contributed by atoms with van der Waals surface area (Å²) in [6, 6.07) is 0. The molecule has 1 unspecified atom stereocenters. The third-order valence-corrected chi connectivity index (χ3v) is 8.84. The summed E-state index contributed by atoms with van der Waals surface area (Å²) in [5, 5.41) is 10.8. The molecule has 0 aromatic heterocycles. The quantitative estimate of drug-likeness (QED) is 0.551. The molecule has 3 saturated carbocycles.